The molecule has 0 radical (unpaired) electrons. The minimum Gasteiger partial charge on any atom is -0.478 e. The van der Waals surface area contributed by atoms with Gasteiger partial charge in [0, 0.05) is 0 Å². The Morgan fingerprint density at radius 3 is 2.60 bits per heavy atom. The Labute approximate surface area is 120 Å². The van der Waals surface area contributed by atoms with Gasteiger partial charge in [-0.25, -0.2) is 0 Å². The quantitative estimate of drug-likeness (QED) is 0.794. The molecular weight excluding hydrogens is 252 g/mol. The summed E-state index contributed by atoms with van der Waals surface area (Å²) in [6.07, 6.45) is -0.513. The molecule has 106 valence electrons. The highest BCUT2D eigenvalue weighted by Crippen LogP contribution is 2.37. The molecular formula is C16H20N2O2. The number of hydrogen-bond acceptors (Lipinski definition) is 3. The van der Waals surface area contributed by atoms with Gasteiger partial charge in [0.15, 0.2) is 6.10 Å². The Kier molecular flexibility index (Phi) is 3.99. The van der Waals surface area contributed by atoms with Crippen molar-refractivity contribution in [3.8, 4) is 11.8 Å². The number of benzene rings is 1. The van der Waals surface area contributed by atoms with Crippen molar-refractivity contribution in [2.75, 3.05) is 11.4 Å². The molecule has 0 aliphatic carbocycles. The number of nitriles is 1. The molecule has 1 heterocycles. The monoisotopic (exact) mass is 272 g/mol. The highest BCUT2D eigenvalue weighted by molar-refractivity contribution is 6.00. The van der Waals surface area contributed by atoms with Gasteiger partial charge >= 0.3 is 0 Å². The largest absolute Gasteiger partial charge is 0.478 e. The molecule has 4 heteroatoms. The van der Waals surface area contributed by atoms with E-state index in [4.69, 9.17) is 10.00 Å². The summed E-state index contributed by atoms with van der Waals surface area (Å²) in [5.41, 5.74) is 1.84. The first-order valence-corrected chi connectivity index (χ1v) is 6.94. The molecule has 1 aliphatic heterocycles. The molecule has 0 saturated heterocycles. The van der Waals surface area contributed by atoms with Crippen LogP contribution in [0, 0.1) is 17.2 Å². The summed E-state index contributed by atoms with van der Waals surface area (Å²) in [5.74, 6) is 0.988. The Bertz CT molecular complexity index is 558. The van der Waals surface area contributed by atoms with Gasteiger partial charge in [-0.1, -0.05) is 33.8 Å². The van der Waals surface area contributed by atoms with E-state index in [1.165, 1.54) is 4.90 Å². The molecule has 0 spiro atoms. The van der Waals surface area contributed by atoms with Crippen molar-refractivity contribution in [1.82, 2.24) is 0 Å². The van der Waals surface area contributed by atoms with Crippen molar-refractivity contribution in [1.29, 1.82) is 5.26 Å². The van der Waals surface area contributed by atoms with Gasteiger partial charge in [-0.2, -0.15) is 5.26 Å². The van der Waals surface area contributed by atoms with Crippen LogP contribution < -0.4 is 9.64 Å². The second-order valence-corrected chi connectivity index (χ2v) is 5.75. The molecule has 4 nitrogen and oxygen atoms in total. The first-order valence-electron chi connectivity index (χ1n) is 6.94. The summed E-state index contributed by atoms with van der Waals surface area (Å²) in [7, 11) is 0. The van der Waals surface area contributed by atoms with Crippen molar-refractivity contribution >= 4 is 11.6 Å². The predicted octanol–water partition coefficient (Wildman–Crippen LogP) is 3.08. The lowest BCUT2D eigenvalue weighted by molar-refractivity contribution is -0.128. The van der Waals surface area contributed by atoms with Crippen molar-refractivity contribution in [3.05, 3.63) is 23.8 Å². The number of carbonyl (C=O) groups is 1. The fraction of sp³-hybridized carbons (Fsp3) is 0.500. The van der Waals surface area contributed by atoms with Crippen LogP contribution in [0.25, 0.3) is 0 Å². The van der Waals surface area contributed by atoms with Crippen LogP contribution in [0.1, 0.15) is 39.2 Å². The summed E-state index contributed by atoms with van der Waals surface area (Å²) >= 11 is 0. The minimum absolute atomic E-state index is 0.0555. The number of anilines is 1. The summed E-state index contributed by atoms with van der Waals surface area (Å²) in [6, 6.07) is 7.93. The van der Waals surface area contributed by atoms with E-state index in [0.29, 0.717) is 17.4 Å². The van der Waals surface area contributed by atoms with E-state index in [-0.39, 0.29) is 18.4 Å². The maximum atomic E-state index is 12.5. The lowest BCUT2D eigenvalue weighted by Gasteiger charge is -2.35. The molecule has 1 aromatic rings. The number of ether oxygens (including phenoxy) is 1. The Balaban J connectivity index is 2.49. The topological polar surface area (TPSA) is 53.3 Å². The summed E-state index contributed by atoms with van der Waals surface area (Å²) in [4.78, 5) is 14.0. The van der Waals surface area contributed by atoms with Gasteiger partial charge in [-0.3, -0.25) is 9.69 Å². The summed E-state index contributed by atoms with van der Waals surface area (Å²) in [5, 5.41) is 8.98. The lowest BCUT2D eigenvalue weighted by atomic mass is 9.99. The zero-order chi connectivity index (χ0) is 14.9. The fourth-order valence-electron chi connectivity index (χ4n) is 2.32. The smallest absolute Gasteiger partial charge is 0.269 e. The second-order valence-electron chi connectivity index (χ2n) is 5.75. The molecule has 1 aromatic carbocycles. The molecule has 1 aliphatic rings. The van der Waals surface area contributed by atoms with E-state index in [1.807, 2.05) is 32.0 Å². The van der Waals surface area contributed by atoms with Gasteiger partial charge in [0.1, 0.15) is 12.3 Å². The van der Waals surface area contributed by atoms with E-state index in [9.17, 15) is 4.79 Å². The van der Waals surface area contributed by atoms with Gasteiger partial charge in [-0.05, 0) is 29.5 Å². The molecule has 2 rings (SSSR count). The van der Waals surface area contributed by atoms with Crippen molar-refractivity contribution in [2.45, 2.75) is 39.7 Å². The van der Waals surface area contributed by atoms with Crippen molar-refractivity contribution in [2.24, 2.45) is 5.92 Å². The van der Waals surface area contributed by atoms with E-state index >= 15 is 0 Å². The van der Waals surface area contributed by atoms with Gasteiger partial charge in [0.25, 0.3) is 5.91 Å². The maximum absolute atomic E-state index is 12.5. The molecule has 0 saturated carbocycles. The third-order valence-corrected chi connectivity index (χ3v) is 3.54. The van der Waals surface area contributed by atoms with Crippen LogP contribution in [0.3, 0.4) is 0 Å². The Hall–Kier alpha value is -2.02. The molecule has 20 heavy (non-hydrogen) atoms. The van der Waals surface area contributed by atoms with Crippen LogP contribution in [0.2, 0.25) is 0 Å². The van der Waals surface area contributed by atoms with E-state index < -0.39 is 6.10 Å². The minimum atomic E-state index is -0.513. The number of hydrogen-bond donors (Lipinski definition) is 0. The molecule has 1 unspecified atom stereocenters. The fourth-order valence-corrected chi connectivity index (χ4v) is 2.32. The number of nitrogens with zero attached hydrogens (tertiary/aromatic N) is 2. The SMILES string of the molecule is CC(C)c1ccc2c(c1)N(CC#N)C(=O)C(C(C)C)O2. The molecule has 0 N–H and O–H groups in total. The summed E-state index contributed by atoms with van der Waals surface area (Å²) in [6.45, 7) is 8.14. The van der Waals surface area contributed by atoms with Gasteiger partial charge in [0.05, 0.1) is 11.8 Å². The van der Waals surface area contributed by atoms with E-state index in [1.54, 1.807) is 0 Å². The molecule has 1 amide bonds. The van der Waals surface area contributed by atoms with Gasteiger partial charge in [0.2, 0.25) is 0 Å². The van der Waals surface area contributed by atoms with Crippen LogP contribution in [-0.2, 0) is 4.79 Å². The molecule has 0 aromatic heterocycles. The highest BCUT2D eigenvalue weighted by Gasteiger charge is 2.36. The number of amides is 1. The third kappa shape index (κ3) is 2.49. The second kappa shape index (κ2) is 5.54. The standard InChI is InChI=1S/C16H20N2O2/c1-10(2)12-5-6-14-13(9-12)18(8-7-17)16(19)15(20-14)11(3)4/h5-6,9-11,15H,8H2,1-4H3. The number of rotatable bonds is 3. The normalized spacial score (nSPS) is 17.9. The van der Waals surface area contributed by atoms with E-state index in [2.05, 4.69) is 19.9 Å². The molecule has 1 atom stereocenters. The van der Waals surface area contributed by atoms with Gasteiger partial charge in [-0.15, -0.1) is 0 Å². The first kappa shape index (κ1) is 14.4. The molecule has 0 bridgehead atoms. The zero-order valence-electron chi connectivity index (χ0n) is 12.4. The average Bonchev–Trinajstić information content (AvgIpc) is 2.40. The Morgan fingerprint density at radius 1 is 1.35 bits per heavy atom. The average molecular weight is 272 g/mol. The number of carbonyl (C=O) groups excluding carboxylic acids is 1. The van der Waals surface area contributed by atoms with Crippen LogP contribution in [0.15, 0.2) is 18.2 Å². The van der Waals surface area contributed by atoms with Crippen molar-refractivity contribution in [3.63, 3.8) is 0 Å². The van der Waals surface area contributed by atoms with Crippen molar-refractivity contribution < 1.29 is 9.53 Å². The van der Waals surface area contributed by atoms with Crippen LogP contribution in [0.4, 0.5) is 5.69 Å². The van der Waals surface area contributed by atoms with Crippen LogP contribution >= 0.6 is 0 Å². The number of fused-ring (bicyclic) bond motifs is 1. The third-order valence-electron chi connectivity index (χ3n) is 3.54. The van der Waals surface area contributed by atoms with Crippen LogP contribution in [-0.4, -0.2) is 18.6 Å². The highest BCUT2D eigenvalue weighted by atomic mass is 16.5. The zero-order valence-corrected chi connectivity index (χ0v) is 12.4. The van der Waals surface area contributed by atoms with Crippen LogP contribution in [0.5, 0.6) is 5.75 Å². The maximum Gasteiger partial charge on any atom is 0.269 e. The van der Waals surface area contributed by atoms with Gasteiger partial charge < -0.3 is 4.74 Å². The summed E-state index contributed by atoms with van der Waals surface area (Å²) < 4.78 is 5.82. The first-order chi connectivity index (χ1) is 9.45. The predicted molar refractivity (Wildman–Crippen MR) is 77.8 cm³/mol. The Morgan fingerprint density at radius 2 is 2.05 bits per heavy atom. The van der Waals surface area contributed by atoms with E-state index in [0.717, 1.165) is 5.56 Å². The molecule has 0 fully saturated rings. The lowest BCUT2D eigenvalue weighted by Crippen LogP contribution is -2.48.